The summed E-state index contributed by atoms with van der Waals surface area (Å²) in [4.78, 5) is 0. The highest BCUT2D eigenvalue weighted by Gasteiger charge is 2.50. The minimum Gasteiger partial charge on any atom is -0.393 e. The smallest absolute Gasteiger partial charge is 0.0583 e. The molecule has 0 saturated heterocycles. The van der Waals surface area contributed by atoms with Gasteiger partial charge in [-0.15, -0.1) is 0 Å². The van der Waals surface area contributed by atoms with E-state index in [0.717, 1.165) is 31.3 Å². The summed E-state index contributed by atoms with van der Waals surface area (Å²) in [6, 6.07) is 0. The maximum atomic E-state index is 10.1. The van der Waals surface area contributed by atoms with Crippen LogP contribution in [-0.2, 0) is 0 Å². The van der Waals surface area contributed by atoms with Crippen molar-refractivity contribution in [1.29, 1.82) is 0 Å². The van der Waals surface area contributed by atoms with Crippen LogP contribution in [-0.4, -0.2) is 11.2 Å². The minimum atomic E-state index is -2.43. The monoisotopic (exact) mass is 390 g/mol. The second-order valence-electron chi connectivity index (χ2n) is 9.99. The fraction of sp³-hybridized carbons (Fsp3) is 0.778. The van der Waals surface area contributed by atoms with Gasteiger partial charge in [0.2, 0.25) is 0 Å². The van der Waals surface area contributed by atoms with Crippen LogP contribution >= 0.6 is 0 Å². The van der Waals surface area contributed by atoms with Crippen LogP contribution in [0.15, 0.2) is 35.5 Å². The molecule has 3 fully saturated rings. The zero-order valence-corrected chi connectivity index (χ0v) is 18.0. The molecule has 0 aliphatic heterocycles. The molecule has 0 spiro atoms. The lowest BCUT2D eigenvalue weighted by atomic mass is 9.60. The van der Waals surface area contributed by atoms with E-state index in [2.05, 4.69) is 32.6 Å². The number of rotatable bonds is 6. The van der Waals surface area contributed by atoms with Gasteiger partial charge in [0.25, 0.3) is 0 Å². The third-order valence-corrected chi connectivity index (χ3v) is 8.06. The van der Waals surface area contributed by atoms with Gasteiger partial charge >= 0.3 is 0 Å². The van der Waals surface area contributed by atoms with E-state index >= 15 is 0 Å². The quantitative estimate of drug-likeness (QED) is 0.494. The van der Waals surface area contributed by atoms with Gasteiger partial charge in [0.15, 0.2) is 0 Å². The SMILES string of the molecule is [2H]C([2H])([2H])C(CCC[C@@H](C)C1CCC2/C(=C/C=C3/C[C@@H](O)CCC3=C)CCC[C@@]21C)C([2H])([2H])[2H]. The lowest BCUT2D eigenvalue weighted by Crippen LogP contribution is -2.36. The summed E-state index contributed by atoms with van der Waals surface area (Å²) in [5.41, 5.74) is 4.14. The predicted molar refractivity (Wildman–Crippen MR) is 121 cm³/mol. The molecule has 0 aromatic heterocycles. The summed E-state index contributed by atoms with van der Waals surface area (Å²) in [5.74, 6) is 0.378. The van der Waals surface area contributed by atoms with Crippen molar-refractivity contribution < 1.29 is 13.3 Å². The summed E-state index contributed by atoms with van der Waals surface area (Å²) in [5, 5.41) is 10.1. The first-order valence-electron chi connectivity index (χ1n) is 14.5. The Kier molecular flexibility index (Phi) is 5.02. The second kappa shape index (κ2) is 9.33. The van der Waals surface area contributed by atoms with Gasteiger partial charge in [0.05, 0.1) is 6.10 Å². The fourth-order valence-electron chi connectivity index (χ4n) is 6.45. The Morgan fingerprint density at radius 2 is 2.04 bits per heavy atom. The Labute approximate surface area is 182 Å². The number of aliphatic hydroxyl groups excluding tert-OH is 1. The van der Waals surface area contributed by atoms with Crippen LogP contribution in [0.25, 0.3) is 0 Å². The van der Waals surface area contributed by atoms with Gasteiger partial charge in [-0.3, -0.25) is 0 Å². The van der Waals surface area contributed by atoms with E-state index in [4.69, 9.17) is 8.22 Å². The average molecular weight is 391 g/mol. The number of hydrogen-bond acceptors (Lipinski definition) is 1. The highest BCUT2D eigenvalue weighted by atomic mass is 16.3. The largest absolute Gasteiger partial charge is 0.393 e. The van der Waals surface area contributed by atoms with Crippen molar-refractivity contribution in [2.24, 2.45) is 29.1 Å². The molecule has 0 aromatic rings. The first kappa shape index (κ1) is 15.1. The zero-order chi connectivity index (χ0) is 25.3. The van der Waals surface area contributed by atoms with Crippen LogP contribution in [0.3, 0.4) is 0 Å². The molecule has 0 radical (unpaired) electrons. The molecule has 5 atom stereocenters. The zero-order valence-electron chi connectivity index (χ0n) is 24.0. The predicted octanol–water partition coefficient (Wildman–Crippen LogP) is 7.62. The van der Waals surface area contributed by atoms with E-state index in [9.17, 15) is 5.11 Å². The van der Waals surface area contributed by atoms with E-state index < -0.39 is 19.6 Å². The van der Waals surface area contributed by atoms with Crippen molar-refractivity contribution in [3.8, 4) is 0 Å². The van der Waals surface area contributed by atoms with Crippen LogP contribution in [0.2, 0.25) is 0 Å². The normalized spacial score (nSPS) is 41.7. The van der Waals surface area contributed by atoms with Gasteiger partial charge in [-0.1, -0.05) is 76.7 Å². The molecule has 0 heterocycles. The minimum absolute atomic E-state index is 0.235. The molecule has 1 heteroatoms. The topological polar surface area (TPSA) is 20.2 Å². The Balaban J connectivity index is 1.65. The van der Waals surface area contributed by atoms with Crippen LogP contribution in [0.5, 0.6) is 0 Å². The maximum absolute atomic E-state index is 10.1. The third-order valence-electron chi connectivity index (χ3n) is 8.06. The molecule has 0 bridgehead atoms. The molecule has 3 rings (SSSR count). The van der Waals surface area contributed by atoms with Crippen molar-refractivity contribution in [1.82, 2.24) is 0 Å². The van der Waals surface area contributed by atoms with Gasteiger partial charge in [-0.05, 0) is 86.0 Å². The molecule has 28 heavy (non-hydrogen) atoms. The summed E-state index contributed by atoms with van der Waals surface area (Å²) >= 11 is 0. The molecule has 158 valence electrons. The number of hydrogen-bond donors (Lipinski definition) is 1. The molecular weight excluding hydrogens is 340 g/mol. The van der Waals surface area contributed by atoms with Gasteiger partial charge in [-0.25, -0.2) is 0 Å². The highest BCUT2D eigenvalue weighted by Crippen LogP contribution is 2.59. The van der Waals surface area contributed by atoms with Crippen LogP contribution in [0, 0.1) is 29.1 Å². The number of fused-ring (bicyclic) bond motifs is 1. The summed E-state index contributed by atoms with van der Waals surface area (Å²) < 4.78 is 45.9. The molecule has 0 aromatic carbocycles. The van der Waals surface area contributed by atoms with Crippen molar-refractivity contribution in [3.05, 3.63) is 35.5 Å². The van der Waals surface area contributed by atoms with Crippen LogP contribution in [0.4, 0.5) is 0 Å². The Morgan fingerprint density at radius 3 is 2.82 bits per heavy atom. The lowest BCUT2D eigenvalue weighted by Gasteiger charge is -2.44. The summed E-state index contributed by atoms with van der Waals surface area (Å²) in [6.45, 7) is 4.06. The Morgan fingerprint density at radius 1 is 1.21 bits per heavy atom. The summed E-state index contributed by atoms with van der Waals surface area (Å²) in [6.07, 6.45) is 14.4. The van der Waals surface area contributed by atoms with Crippen molar-refractivity contribution in [2.75, 3.05) is 0 Å². The Bertz CT molecular complexity index is 778. The Hall–Kier alpha value is -0.820. The molecule has 3 saturated carbocycles. The first-order valence-corrected chi connectivity index (χ1v) is 11.5. The molecule has 0 amide bonds. The third kappa shape index (κ3) is 4.84. The van der Waals surface area contributed by atoms with E-state index in [1.165, 1.54) is 36.8 Å². The van der Waals surface area contributed by atoms with Gasteiger partial charge in [0, 0.05) is 8.22 Å². The van der Waals surface area contributed by atoms with Crippen LogP contribution in [0.1, 0.15) is 106 Å². The first-order chi connectivity index (χ1) is 15.7. The molecular formula is C27H44O. The van der Waals surface area contributed by atoms with E-state index in [1.807, 2.05) is 0 Å². The molecule has 3 aliphatic rings. The highest BCUT2D eigenvalue weighted by molar-refractivity contribution is 5.36. The van der Waals surface area contributed by atoms with Crippen LogP contribution < -0.4 is 0 Å². The molecule has 2 unspecified atom stereocenters. The standard InChI is InChI=1S/C27H44O/c1-19(2)8-6-9-21(4)25-15-16-26-22(10-7-17-27(25,26)5)12-13-23-18-24(28)14-11-20(23)3/h12-13,19,21,24-26,28H,3,6-11,14-18H2,1-2,4-5H3/b22-12+,23-13-/t21-,24+,25?,26?,27-/m1/s1/i1D3,2D3. The van der Waals surface area contributed by atoms with E-state index in [0.29, 0.717) is 30.6 Å². The average Bonchev–Trinajstić information content (AvgIpc) is 3.07. The second-order valence-corrected chi connectivity index (χ2v) is 9.99. The van der Waals surface area contributed by atoms with E-state index in [-0.39, 0.29) is 17.9 Å². The fourth-order valence-corrected chi connectivity index (χ4v) is 6.45. The maximum Gasteiger partial charge on any atom is 0.0583 e. The lowest BCUT2D eigenvalue weighted by molar-refractivity contribution is 0.0929. The van der Waals surface area contributed by atoms with Crippen molar-refractivity contribution in [3.63, 3.8) is 0 Å². The van der Waals surface area contributed by atoms with Crippen molar-refractivity contribution >= 4 is 0 Å². The molecule has 1 nitrogen and oxygen atoms in total. The van der Waals surface area contributed by atoms with Crippen molar-refractivity contribution in [2.45, 2.75) is 104 Å². The molecule has 1 N–H and O–H groups in total. The number of aliphatic hydroxyl groups is 1. The van der Waals surface area contributed by atoms with Gasteiger partial charge < -0.3 is 5.11 Å². The molecule has 3 aliphatic carbocycles. The summed E-state index contributed by atoms with van der Waals surface area (Å²) in [7, 11) is 0. The van der Waals surface area contributed by atoms with E-state index in [1.54, 1.807) is 0 Å². The van der Waals surface area contributed by atoms with Gasteiger partial charge in [0.1, 0.15) is 0 Å². The number of allylic oxidation sites excluding steroid dienone is 4. The van der Waals surface area contributed by atoms with Gasteiger partial charge in [-0.2, -0.15) is 0 Å².